The molecule has 2 aliphatic heterocycles. The molecule has 2 aromatic carbocycles. The molecular weight excluding hydrogens is 586 g/mol. The quantitative estimate of drug-likeness (QED) is 0.211. The average Bonchev–Trinajstić information content (AvgIpc) is 3.77. The smallest absolute Gasteiger partial charge is 0.193 e. The van der Waals surface area contributed by atoms with E-state index in [0.717, 1.165) is 50.3 Å². The third-order valence-corrected chi connectivity index (χ3v) is 7.94. The summed E-state index contributed by atoms with van der Waals surface area (Å²) in [6, 6.07) is 16.6. The van der Waals surface area contributed by atoms with Gasteiger partial charge in [0.2, 0.25) is 0 Å². The summed E-state index contributed by atoms with van der Waals surface area (Å²) in [6.45, 7) is 7.22. The normalized spacial score (nSPS) is 18.9. The lowest BCUT2D eigenvalue weighted by Crippen LogP contribution is -2.43. The molecule has 1 N–H and O–H groups in total. The van der Waals surface area contributed by atoms with Gasteiger partial charge in [-0.3, -0.25) is 20.1 Å². The van der Waals surface area contributed by atoms with E-state index in [1.807, 2.05) is 41.4 Å². The number of para-hydroxylation sites is 1. The van der Waals surface area contributed by atoms with Crippen LogP contribution in [-0.2, 0) is 9.47 Å². The number of rotatable bonds is 17. The zero-order valence-electron chi connectivity index (χ0n) is 26.0. The molecule has 2 atom stereocenters. The Morgan fingerprint density at radius 2 is 1.83 bits per heavy atom. The number of hydrogen-bond acceptors (Lipinski definition) is 12. The van der Waals surface area contributed by atoms with Crippen molar-refractivity contribution < 1.29 is 18.6 Å². The van der Waals surface area contributed by atoms with Crippen LogP contribution in [0.4, 0.5) is 0 Å². The molecule has 0 saturated heterocycles. The Morgan fingerprint density at radius 1 is 0.978 bits per heavy atom. The molecule has 0 bridgehead atoms. The highest BCUT2D eigenvalue weighted by Crippen LogP contribution is 2.24. The zero-order valence-corrected chi connectivity index (χ0v) is 26.0. The first-order valence-electron chi connectivity index (χ1n) is 16.0. The van der Waals surface area contributed by atoms with Gasteiger partial charge < -0.3 is 18.6 Å². The van der Waals surface area contributed by atoms with E-state index in [1.54, 1.807) is 12.1 Å². The molecule has 2 unspecified atom stereocenters. The maximum Gasteiger partial charge on any atom is 0.193 e. The fraction of sp³-hybridized carbons (Fsp3) is 0.441. The minimum atomic E-state index is -0.0608. The molecule has 3 heterocycles. The van der Waals surface area contributed by atoms with Crippen molar-refractivity contribution in [3.05, 3.63) is 88.6 Å². The second kappa shape index (κ2) is 16.3. The van der Waals surface area contributed by atoms with E-state index in [9.17, 15) is 4.79 Å². The molecule has 3 aromatic rings. The second-order valence-corrected chi connectivity index (χ2v) is 11.5. The molecule has 12 heteroatoms. The number of allylic oxidation sites excluding steroid dienone is 2. The highest BCUT2D eigenvalue weighted by Gasteiger charge is 2.25. The number of hydrogen-bond donors (Lipinski definition) is 1. The van der Waals surface area contributed by atoms with Crippen LogP contribution in [0.2, 0.25) is 0 Å². The monoisotopic (exact) mass is 627 g/mol. The number of ether oxygens (including phenoxy) is 3. The first kappa shape index (κ1) is 31.6. The Morgan fingerprint density at radius 3 is 2.65 bits per heavy atom. The lowest BCUT2D eigenvalue weighted by atomic mass is 10.1. The van der Waals surface area contributed by atoms with E-state index in [2.05, 4.69) is 49.2 Å². The van der Waals surface area contributed by atoms with E-state index in [0.29, 0.717) is 62.9 Å². The van der Waals surface area contributed by atoms with E-state index >= 15 is 0 Å². The van der Waals surface area contributed by atoms with Crippen molar-refractivity contribution in [1.82, 2.24) is 15.3 Å². The third kappa shape index (κ3) is 9.09. The minimum absolute atomic E-state index is 0.0608. The zero-order chi connectivity index (χ0) is 31.4. The summed E-state index contributed by atoms with van der Waals surface area (Å²) in [5.41, 5.74) is 5.78. The van der Waals surface area contributed by atoms with E-state index in [1.165, 1.54) is 11.6 Å². The average molecular weight is 628 g/mol. The van der Waals surface area contributed by atoms with Gasteiger partial charge in [0.05, 0.1) is 57.5 Å². The van der Waals surface area contributed by atoms with Crippen molar-refractivity contribution in [2.24, 2.45) is 20.7 Å². The van der Waals surface area contributed by atoms with Gasteiger partial charge in [0.15, 0.2) is 5.43 Å². The summed E-state index contributed by atoms with van der Waals surface area (Å²) in [7, 11) is 0. The van der Waals surface area contributed by atoms with Gasteiger partial charge in [0.1, 0.15) is 29.7 Å². The van der Waals surface area contributed by atoms with Crippen LogP contribution in [0.25, 0.3) is 22.3 Å². The first-order valence-corrected chi connectivity index (χ1v) is 16.0. The molecule has 0 amide bonds. The summed E-state index contributed by atoms with van der Waals surface area (Å²) in [6.07, 6.45) is 9.04. The van der Waals surface area contributed by atoms with Crippen LogP contribution in [0.1, 0.15) is 12.8 Å². The van der Waals surface area contributed by atoms with Crippen LogP contribution < -0.4 is 15.6 Å². The Kier molecular flexibility index (Phi) is 11.2. The Bertz CT molecular complexity index is 1600. The SMILES string of the molecule is O=c1cc(-c2ccc(OCCOCCOCCN3CC(CN(CC4=CCCC=C4)CC4CN=NN4)N=N3)cc2)oc2ccccc12. The van der Waals surface area contributed by atoms with Gasteiger partial charge in [-0.25, -0.2) is 0 Å². The molecule has 12 nitrogen and oxygen atoms in total. The second-order valence-electron chi connectivity index (χ2n) is 11.5. The van der Waals surface area contributed by atoms with Gasteiger partial charge in [-0.2, -0.15) is 10.2 Å². The van der Waals surface area contributed by atoms with Crippen LogP contribution in [0.5, 0.6) is 5.75 Å². The number of fused-ring (bicyclic) bond motifs is 1. The third-order valence-electron chi connectivity index (χ3n) is 7.94. The maximum atomic E-state index is 12.4. The van der Waals surface area contributed by atoms with Gasteiger partial charge in [0, 0.05) is 31.3 Å². The van der Waals surface area contributed by atoms with Crippen LogP contribution >= 0.6 is 0 Å². The minimum Gasteiger partial charge on any atom is -0.491 e. The van der Waals surface area contributed by atoms with Gasteiger partial charge in [-0.1, -0.05) is 40.8 Å². The van der Waals surface area contributed by atoms with Gasteiger partial charge in [-0.15, -0.1) is 0 Å². The molecule has 1 aliphatic carbocycles. The largest absolute Gasteiger partial charge is 0.491 e. The molecule has 0 spiro atoms. The number of benzene rings is 2. The van der Waals surface area contributed by atoms with Crippen molar-refractivity contribution in [1.29, 1.82) is 0 Å². The Hall–Kier alpha value is -4.39. The fourth-order valence-electron chi connectivity index (χ4n) is 5.62. The summed E-state index contributed by atoms with van der Waals surface area (Å²) in [4.78, 5) is 14.8. The van der Waals surface area contributed by atoms with Crippen LogP contribution in [0, 0.1) is 0 Å². The highest BCUT2D eigenvalue weighted by molar-refractivity contribution is 5.78. The highest BCUT2D eigenvalue weighted by atomic mass is 16.5. The van der Waals surface area contributed by atoms with Crippen molar-refractivity contribution >= 4 is 11.0 Å². The van der Waals surface area contributed by atoms with Gasteiger partial charge in [0.25, 0.3) is 0 Å². The predicted molar refractivity (Wildman–Crippen MR) is 175 cm³/mol. The predicted octanol–water partition coefficient (Wildman–Crippen LogP) is 4.84. The van der Waals surface area contributed by atoms with E-state index in [4.69, 9.17) is 18.6 Å². The summed E-state index contributed by atoms with van der Waals surface area (Å²) in [5.74, 6) is 1.25. The van der Waals surface area contributed by atoms with Crippen LogP contribution in [0.3, 0.4) is 0 Å². The van der Waals surface area contributed by atoms with Gasteiger partial charge >= 0.3 is 0 Å². The summed E-state index contributed by atoms with van der Waals surface area (Å²) >= 11 is 0. The Labute approximate surface area is 268 Å². The fourth-order valence-corrected chi connectivity index (χ4v) is 5.62. The van der Waals surface area contributed by atoms with Crippen molar-refractivity contribution in [2.45, 2.75) is 24.9 Å². The molecule has 242 valence electrons. The van der Waals surface area contributed by atoms with Crippen molar-refractivity contribution in [2.75, 3.05) is 72.3 Å². The van der Waals surface area contributed by atoms with Gasteiger partial charge in [-0.05, 0) is 54.8 Å². The van der Waals surface area contributed by atoms with E-state index in [-0.39, 0.29) is 17.5 Å². The molecule has 1 aromatic heterocycles. The van der Waals surface area contributed by atoms with Crippen LogP contribution in [0.15, 0.2) is 108 Å². The maximum absolute atomic E-state index is 12.4. The standard InChI is InChI=1S/C34H41N7O5/c42-32-20-34(46-33-9-5-4-8-31(32)33)27-10-12-30(13-11-27)45-19-18-44-17-16-43-15-14-41-25-29(37-39-41)24-40(23-28-21-35-38-36-28)22-26-6-2-1-3-7-26/h2,4-13,20,28-29H,1,3,14-19,21-25H2,(H,35,36). The first-order chi connectivity index (χ1) is 22.7. The lowest BCUT2D eigenvalue weighted by molar-refractivity contribution is 0.0299. The number of nitrogens with one attached hydrogen (secondary N) is 1. The Balaban J connectivity index is 0.824. The molecular formula is C34H41N7O5. The van der Waals surface area contributed by atoms with E-state index < -0.39 is 0 Å². The molecule has 46 heavy (non-hydrogen) atoms. The van der Waals surface area contributed by atoms with Crippen molar-refractivity contribution in [3.8, 4) is 17.1 Å². The molecule has 6 rings (SSSR count). The molecule has 3 aliphatic rings. The topological polar surface area (TPSA) is 126 Å². The van der Waals surface area contributed by atoms with Crippen LogP contribution in [-0.4, -0.2) is 94.3 Å². The molecule has 0 radical (unpaired) electrons. The molecule has 0 saturated carbocycles. The lowest BCUT2D eigenvalue weighted by Gasteiger charge is -2.27. The number of nitrogens with zero attached hydrogens (tertiary/aromatic N) is 6. The summed E-state index contributed by atoms with van der Waals surface area (Å²) in [5, 5.41) is 19.5. The van der Waals surface area contributed by atoms with Crippen molar-refractivity contribution in [3.63, 3.8) is 0 Å². The summed E-state index contributed by atoms with van der Waals surface area (Å²) < 4.78 is 23.1. The molecule has 0 fully saturated rings.